The van der Waals surface area contributed by atoms with Crippen LogP contribution >= 0.6 is 11.3 Å². The first-order valence-corrected chi connectivity index (χ1v) is 29.3. The van der Waals surface area contributed by atoms with Crippen LogP contribution in [-0.4, -0.2) is 72.5 Å². The third kappa shape index (κ3) is 27.2. The van der Waals surface area contributed by atoms with Crippen molar-refractivity contribution < 1.29 is 52.4 Å². The smallest absolute Gasteiger partial charge is 0.248 e. The molecule has 0 aliphatic rings. The monoisotopic (exact) mass is 1220 g/mol. The van der Waals surface area contributed by atoms with Gasteiger partial charge in [-0.3, -0.25) is 47.9 Å². The van der Waals surface area contributed by atoms with Gasteiger partial charge in [0.15, 0.2) is 52.0 Å². The molecule has 0 saturated heterocycles. The van der Waals surface area contributed by atoms with Gasteiger partial charge in [-0.2, -0.15) is 0 Å². The van der Waals surface area contributed by atoms with Gasteiger partial charge < -0.3 is 30.0 Å². The Morgan fingerprint density at radius 2 is 0.875 bits per heavy atom. The molecule has 88 heavy (non-hydrogen) atoms. The first-order chi connectivity index (χ1) is 40.4. The average molecular weight is 1220 g/mol. The maximum atomic E-state index is 12.1. The van der Waals surface area contributed by atoms with Crippen molar-refractivity contribution in [3.8, 4) is 0 Å². The number of nitrogens with zero attached hydrogens (tertiary/aromatic N) is 1. The van der Waals surface area contributed by atoms with E-state index in [0.717, 1.165) is 32.7 Å². The number of carbonyl (C=O) groups excluding carboxylic acids is 10. The standard InChI is InChI=1S/C18H21N3O2.C14H19NO2.C13H17NO2.C13H16O3.C13H16O2S/c1-18(2,3)17(23)15-10-12(11-20-15)4-9-16(22)21-14-7-5-13(19)6-8-14;1-10(16)6-7-11-8-12(15(5)9-11)13(17)14(2,3)4;1-9(15)5-6-10-7-11(14-8-10)12(16)13(2,3)4;2*1-9(14)5-6-10-7-11(16-8-10)12(15)13(2,3)4/h4-11,20H,19H2,1-3H3,(H,21,22);6-9H,1-5H3;5-8,14H,1-4H3;2*5-8H,1-4H3/b9-4+;7-6+;3*6-5+. The zero-order valence-corrected chi connectivity index (χ0v) is 55.6. The Bertz CT molecular complexity index is 3400. The number of ketones is 9. The number of aromatic amines is 2. The Morgan fingerprint density at radius 1 is 0.477 bits per heavy atom. The summed E-state index contributed by atoms with van der Waals surface area (Å²) in [6.45, 7) is 34.1. The minimum atomic E-state index is -0.459. The number of hydrogen-bond donors (Lipinski definition) is 4. The first kappa shape index (κ1) is 75.1. The van der Waals surface area contributed by atoms with Crippen LogP contribution < -0.4 is 11.1 Å². The number of rotatable bonds is 16. The predicted octanol–water partition coefficient (Wildman–Crippen LogP) is 15.9. The van der Waals surface area contributed by atoms with E-state index in [1.807, 2.05) is 135 Å². The Kier molecular flexibility index (Phi) is 27.9. The third-order valence-electron chi connectivity index (χ3n) is 11.9. The topological polar surface area (TPSA) is 258 Å². The molecule has 0 unspecified atom stereocenters. The van der Waals surface area contributed by atoms with Gasteiger partial charge in [0.25, 0.3) is 0 Å². The fourth-order valence-corrected chi connectivity index (χ4v) is 8.03. The van der Waals surface area contributed by atoms with Crippen LogP contribution in [0.4, 0.5) is 11.4 Å². The van der Waals surface area contributed by atoms with E-state index < -0.39 is 21.7 Å². The molecule has 0 aliphatic heterocycles. The van der Waals surface area contributed by atoms with Crippen LogP contribution in [0.3, 0.4) is 0 Å². The molecule has 5 heterocycles. The van der Waals surface area contributed by atoms with Crippen LogP contribution in [0.25, 0.3) is 30.4 Å². The maximum absolute atomic E-state index is 12.1. The molecular weight excluding hydrogens is 1130 g/mol. The largest absolute Gasteiger partial charge is 0.461 e. The van der Waals surface area contributed by atoms with Gasteiger partial charge in [0.1, 0.15) is 0 Å². The number of furan rings is 1. The summed E-state index contributed by atoms with van der Waals surface area (Å²) in [5.41, 5.74) is 10.7. The summed E-state index contributed by atoms with van der Waals surface area (Å²) in [5.74, 6) is 0.327. The highest BCUT2D eigenvalue weighted by Crippen LogP contribution is 2.28. The number of anilines is 2. The lowest BCUT2D eigenvalue weighted by Gasteiger charge is -2.16. The summed E-state index contributed by atoms with van der Waals surface area (Å²) in [5, 5.41) is 4.62. The van der Waals surface area contributed by atoms with E-state index in [4.69, 9.17) is 10.2 Å². The molecule has 5 N–H and O–H groups in total. The summed E-state index contributed by atoms with van der Waals surface area (Å²) < 4.78 is 6.97. The van der Waals surface area contributed by atoms with Gasteiger partial charge in [-0.1, -0.05) is 110 Å². The number of hydrogen-bond acceptors (Lipinski definition) is 13. The molecule has 16 nitrogen and oxygen atoms in total. The van der Waals surface area contributed by atoms with E-state index in [0.29, 0.717) is 34.2 Å². The van der Waals surface area contributed by atoms with Crippen LogP contribution in [0.2, 0.25) is 0 Å². The zero-order valence-electron chi connectivity index (χ0n) is 54.8. The van der Waals surface area contributed by atoms with E-state index in [9.17, 15) is 47.9 Å². The molecule has 1 aromatic carbocycles. The van der Waals surface area contributed by atoms with Crippen LogP contribution in [0, 0.1) is 27.1 Å². The number of H-pyrrole nitrogens is 2. The predicted molar refractivity (Wildman–Crippen MR) is 356 cm³/mol. The Balaban J connectivity index is 0.000000378. The Morgan fingerprint density at radius 3 is 1.30 bits per heavy atom. The van der Waals surface area contributed by atoms with Gasteiger partial charge in [-0.15, -0.1) is 11.3 Å². The molecule has 0 atom stereocenters. The molecule has 5 aromatic heterocycles. The summed E-state index contributed by atoms with van der Waals surface area (Å²) in [7, 11) is 1.84. The second-order valence-corrected chi connectivity index (χ2v) is 27.0. The fraction of sp³-hybridized carbons (Fsp3) is 0.352. The molecule has 17 heteroatoms. The van der Waals surface area contributed by atoms with Crippen molar-refractivity contribution in [1.82, 2.24) is 14.5 Å². The van der Waals surface area contributed by atoms with Crippen molar-refractivity contribution in [2.24, 2.45) is 34.1 Å². The van der Waals surface area contributed by atoms with Crippen LogP contribution in [0.1, 0.15) is 211 Å². The summed E-state index contributed by atoms with van der Waals surface area (Å²) in [6, 6.07) is 15.7. The number of allylic oxidation sites excluding steroid dienone is 4. The van der Waals surface area contributed by atoms with Crippen molar-refractivity contribution in [3.63, 3.8) is 0 Å². The highest BCUT2D eigenvalue weighted by Gasteiger charge is 2.28. The van der Waals surface area contributed by atoms with Crippen molar-refractivity contribution in [2.45, 2.75) is 132 Å². The number of carbonyl (C=O) groups is 10. The van der Waals surface area contributed by atoms with Gasteiger partial charge >= 0.3 is 0 Å². The molecule has 0 saturated carbocycles. The molecule has 0 aliphatic carbocycles. The number of amides is 1. The number of nitrogens with one attached hydrogen (secondary N) is 3. The Hall–Kier alpha value is -8.96. The van der Waals surface area contributed by atoms with Gasteiger partial charge in [0.05, 0.1) is 28.2 Å². The average Bonchev–Trinajstić information content (AvgIpc) is 4.09. The maximum Gasteiger partial charge on any atom is 0.248 e. The number of aromatic nitrogens is 3. The molecule has 6 rings (SSSR count). The second kappa shape index (κ2) is 32.7. The molecular formula is C71H89N5O11S. The molecule has 0 spiro atoms. The summed E-state index contributed by atoms with van der Waals surface area (Å²) in [4.78, 5) is 122. The van der Waals surface area contributed by atoms with Gasteiger partial charge in [0, 0.05) is 75.7 Å². The van der Waals surface area contributed by atoms with E-state index >= 15 is 0 Å². The fourth-order valence-electron chi connectivity index (χ4n) is 7.01. The molecule has 6 aromatic rings. The van der Waals surface area contributed by atoms with Gasteiger partial charge in [-0.25, -0.2) is 0 Å². The van der Waals surface area contributed by atoms with Crippen LogP contribution in [0.15, 0.2) is 120 Å². The zero-order chi connectivity index (χ0) is 67.3. The van der Waals surface area contributed by atoms with Crippen molar-refractivity contribution in [1.29, 1.82) is 0 Å². The first-order valence-electron chi connectivity index (χ1n) is 28.4. The Labute approximate surface area is 522 Å². The van der Waals surface area contributed by atoms with E-state index in [2.05, 4.69) is 15.3 Å². The number of benzene rings is 1. The minimum Gasteiger partial charge on any atom is -0.461 e. The number of thiophene rings is 1. The molecule has 0 radical (unpaired) electrons. The molecule has 470 valence electrons. The lowest BCUT2D eigenvalue weighted by molar-refractivity contribution is -0.113. The highest BCUT2D eigenvalue weighted by molar-refractivity contribution is 7.12. The third-order valence-corrected chi connectivity index (χ3v) is 12.8. The number of nitrogen functional groups attached to an aromatic ring is 1. The minimum absolute atomic E-state index is 0.00227. The normalized spacial score (nSPS) is 11.9. The number of Topliss-reactive ketones (excluding diaryl/α,β-unsaturated/α-hetero) is 5. The highest BCUT2D eigenvalue weighted by atomic mass is 32.1. The summed E-state index contributed by atoms with van der Waals surface area (Å²) in [6.07, 6.45) is 22.5. The lowest BCUT2D eigenvalue weighted by Crippen LogP contribution is -2.22. The van der Waals surface area contributed by atoms with Gasteiger partial charge in [0.2, 0.25) is 11.7 Å². The van der Waals surface area contributed by atoms with Crippen LogP contribution in [0.5, 0.6) is 0 Å². The van der Waals surface area contributed by atoms with Crippen LogP contribution in [-0.2, 0) is 31.0 Å². The van der Waals surface area contributed by atoms with Crippen molar-refractivity contribution in [3.05, 3.63) is 171 Å². The lowest BCUT2D eigenvalue weighted by atomic mass is 9.89. The van der Waals surface area contributed by atoms with E-state index in [1.54, 1.807) is 89.8 Å². The molecule has 1 amide bonds. The molecule has 0 fully saturated rings. The van der Waals surface area contributed by atoms with E-state index in [1.165, 1.54) is 75.7 Å². The van der Waals surface area contributed by atoms with E-state index in [-0.39, 0.29) is 63.4 Å². The SMILES string of the molecule is CC(=O)/C=C/c1c[nH]c(C(=O)C(C)(C)C)c1.CC(=O)/C=C/c1cc(C(=O)C(C)(C)C)n(C)c1.CC(=O)/C=C/c1coc(C(=O)C(C)(C)C)c1.CC(=O)/C=C/c1csc(C(=O)C(C)(C)C)c1.CC(C)(C)C(=O)c1cc(/C=C/C(=O)Nc2ccc(N)cc2)c[nH]1. The second-order valence-electron chi connectivity index (χ2n) is 26.1. The van der Waals surface area contributed by atoms with Crippen molar-refractivity contribution >= 4 is 111 Å². The van der Waals surface area contributed by atoms with Gasteiger partial charge in [-0.05, 0) is 159 Å². The molecule has 0 bridgehead atoms. The number of aryl methyl sites for hydroxylation is 1. The summed E-state index contributed by atoms with van der Waals surface area (Å²) >= 11 is 1.42. The van der Waals surface area contributed by atoms with Crippen molar-refractivity contribution in [2.75, 3.05) is 11.1 Å². The quantitative estimate of drug-likeness (QED) is 0.0401. The number of nitrogens with two attached hydrogens (primary N) is 1.